The van der Waals surface area contributed by atoms with Crippen molar-refractivity contribution in [2.24, 2.45) is 0 Å². The van der Waals surface area contributed by atoms with Crippen LogP contribution in [-0.2, 0) is 35.7 Å². The number of nitrogens with one attached hydrogen (secondary N) is 2. The lowest BCUT2D eigenvalue weighted by Gasteiger charge is -2.49. The molecule has 33 heavy (non-hydrogen) atoms. The van der Waals surface area contributed by atoms with Gasteiger partial charge in [0.05, 0.1) is 0 Å². The van der Waals surface area contributed by atoms with E-state index < -0.39 is 27.7 Å². The summed E-state index contributed by atoms with van der Waals surface area (Å²) in [6.45, 7) is 3.49. The van der Waals surface area contributed by atoms with Crippen molar-refractivity contribution >= 4 is 27.8 Å². The second-order valence-electron chi connectivity index (χ2n) is 9.44. The topological polar surface area (TPSA) is 119 Å². The van der Waals surface area contributed by atoms with E-state index in [1.54, 1.807) is 6.08 Å². The van der Waals surface area contributed by atoms with E-state index in [0.29, 0.717) is 13.1 Å². The number of hydrogen-bond donors (Lipinski definition) is 3. The number of likely N-dealkylation sites (N-methyl/N-ethyl adjacent to an activating group) is 1. The van der Waals surface area contributed by atoms with Gasteiger partial charge in [-0.2, -0.15) is 0 Å². The Hall–Kier alpha value is -2.59. The third-order valence-electron chi connectivity index (χ3n) is 7.19. The summed E-state index contributed by atoms with van der Waals surface area (Å²) in [7, 11) is -2.48. The van der Waals surface area contributed by atoms with Gasteiger partial charge in [0.2, 0.25) is 0 Å². The van der Waals surface area contributed by atoms with Crippen molar-refractivity contribution < 1.29 is 23.1 Å². The summed E-state index contributed by atoms with van der Waals surface area (Å²) < 4.78 is 27.3. The van der Waals surface area contributed by atoms with E-state index in [0.717, 1.165) is 73.7 Å². The number of aryl methyl sites for hydroxylation is 2. The first kappa shape index (κ1) is 23.6. The molecule has 1 aromatic carbocycles. The number of benzene rings is 1. The molecule has 1 aliphatic heterocycles. The highest BCUT2D eigenvalue weighted by molar-refractivity contribution is 7.92. The lowest BCUT2D eigenvalue weighted by molar-refractivity contribution is 0.0332. The summed E-state index contributed by atoms with van der Waals surface area (Å²) >= 11 is 0. The van der Waals surface area contributed by atoms with Crippen LogP contribution < -0.4 is 10.0 Å². The van der Waals surface area contributed by atoms with Gasteiger partial charge in [0.15, 0.2) is 0 Å². The normalized spacial score (nSPS) is 22.0. The molecule has 0 saturated carbocycles. The standard InChI is InChI=1S/C23H32N4O5S/c1-23(9-11-27(23)13-12-26(2)22(29)30)10-14-33(31,32)25-21(28)24-20-18-7-3-5-16(18)15-17-6-4-8-19(17)20/h10,14-15H,3-9,11-13H2,1-2H3,(H,29,30)(H2,24,25,28)/b14-10+. The lowest BCUT2D eigenvalue weighted by Crippen LogP contribution is -2.58. The van der Waals surface area contributed by atoms with Crippen LogP contribution in [0.2, 0.25) is 0 Å². The second-order valence-corrected chi connectivity index (χ2v) is 11.0. The zero-order valence-corrected chi connectivity index (χ0v) is 20.0. The summed E-state index contributed by atoms with van der Waals surface area (Å²) in [4.78, 5) is 26.8. The number of carbonyl (C=O) groups excluding carboxylic acids is 1. The van der Waals surface area contributed by atoms with E-state index in [9.17, 15) is 18.0 Å². The molecular formula is C23H32N4O5S. The highest BCUT2D eigenvalue weighted by Gasteiger charge is 2.38. The van der Waals surface area contributed by atoms with E-state index in [2.05, 4.69) is 16.1 Å². The van der Waals surface area contributed by atoms with Gasteiger partial charge in [0.25, 0.3) is 10.0 Å². The molecule has 0 aromatic heterocycles. The van der Waals surface area contributed by atoms with Crippen LogP contribution in [0, 0.1) is 0 Å². The Kier molecular flexibility index (Phi) is 6.41. The van der Waals surface area contributed by atoms with Gasteiger partial charge in [-0.3, -0.25) is 4.90 Å². The number of fused-ring (bicyclic) bond motifs is 2. The molecule has 1 unspecified atom stereocenters. The van der Waals surface area contributed by atoms with Gasteiger partial charge < -0.3 is 15.3 Å². The molecule has 0 bridgehead atoms. The van der Waals surface area contributed by atoms with Gasteiger partial charge in [-0.15, -0.1) is 0 Å². The maximum absolute atomic E-state index is 12.6. The fourth-order valence-corrected chi connectivity index (χ4v) is 5.90. The van der Waals surface area contributed by atoms with Gasteiger partial charge in [0, 0.05) is 43.3 Å². The largest absolute Gasteiger partial charge is 0.465 e. The maximum atomic E-state index is 12.6. The van der Waals surface area contributed by atoms with Crippen molar-refractivity contribution in [2.45, 2.75) is 57.4 Å². The molecule has 4 rings (SSSR count). The lowest BCUT2D eigenvalue weighted by atomic mass is 9.87. The first-order valence-electron chi connectivity index (χ1n) is 11.5. The van der Waals surface area contributed by atoms with Gasteiger partial charge in [-0.1, -0.05) is 12.1 Å². The summed E-state index contributed by atoms with van der Waals surface area (Å²) in [6.07, 6.45) is 7.22. The monoisotopic (exact) mass is 476 g/mol. The number of amides is 3. The number of sulfonamides is 1. The molecule has 10 heteroatoms. The van der Waals surface area contributed by atoms with Crippen LogP contribution in [0.4, 0.5) is 15.3 Å². The number of carboxylic acid groups (broad SMARTS) is 1. The zero-order valence-electron chi connectivity index (χ0n) is 19.2. The van der Waals surface area contributed by atoms with Crippen molar-refractivity contribution in [3.05, 3.63) is 39.8 Å². The third-order valence-corrected chi connectivity index (χ3v) is 8.16. The first-order chi connectivity index (χ1) is 15.6. The van der Waals surface area contributed by atoms with Crippen LogP contribution in [0.1, 0.15) is 48.4 Å². The third kappa shape index (κ3) is 5.01. The Bertz CT molecular complexity index is 1070. The minimum Gasteiger partial charge on any atom is -0.465 e. The predicted octanol–water partition coefficient (Wildman–Crippen LogP) is 2.70. The number of rotatable bonds is 7. The Morgan fingerprint density at radius 2 is 1.82 bits per heavy atom. The molecule has 3 N–H and O–H groups in total. The minimum atomic E-state index is -3.98. The number of hydrogen-bond acceptors (Lipinski definition) is 5. The molecule has 1 heterocycles. The average molecular weight is 477 g/mol. The van der Waals surface area contributed by atoms with E-state index in [1.165, 1.54) is 23.1 Å². The van der Waals surface area contributed by atoms with Crippen LogP contribution >= 0.6 is 0 Å². The number of nitrogens with zero attached hydrogens (tertiary/aromatic N) is 2. The quantitative estimate of drug-likeness (QED) is 0.557. The van der Waals surface area contributed by atoms with E-state index in [4.69, 9.17) is 5.11 Å². The van der Waals surface area contributed by atoms with Gasteiger partial charge in [-0.05, 0) is 74.1 Å². The summed E-state index contributed by atoms with van der Waals surface area (Å²) in [5.41, 5.74) is 5.12. The number of urea groups is 1. The van der Waals surface area contributed by atoms with Crippen LogP contribution in [0.5, 0.6) is 0 Å². The Balaban J connectivity index is 1.39. The number of anilines is 1. The molecule has 1 aromatic rings. The van der Waals surface area contributed by atoms with E-state index >= 15 is 0 Å². The van der Waals surface area contributed by atoms with Crippen molar-refractivity contribution in [3.8, 4) is 0 Å². The Morgan fingerprint density at radius 1 is 1.18 bits per heavy atom. The van der Waals surface area contributed by atoms with Gasteiger partial charge in [0.1, 0.15) is 0 Å². The van der Waals surface area contributed by atoms with Crippen molar-refractivity contribution in [3.63, 3.8) is 0 Å². The van der Waals surface area contributed by atoms with E-state index in [-0.39, 0.29) is 0 Å². The number of likely N-dealkylation sites (tertiary alicyclic amines) is 1. The first-order valence-corrected chi connectivity index (χ1v) is 13.0. The smallest absolute Gasteiger partial charge is 0.407 e. The Morgan fingerprint density at radius 3 is 2.36 bits per heavy atom. The zero-order chi connectivity index (χ0) is 23.8. The molecule has 1 fully saturated rings. The van der Waals surface area contributed by atoms with Crippen LogP contribution in [0.15, 0.2) is 17.6 Å². The van der Waals surface area contributed by atoms with Gasteiger partial charge >= 0.3 is 12.1 Å². The van der Waals surface area contributed by atoms with Crippen LogP contribution in [0.25, 0.3) is 0 Å². The Labute approximate surface area is 194 Å². The molecule has 0 spiro atoms. The second kappa shape index (κ2) is 8.98. The molecule has 180 valence electrons. The molecule has 9 nitrogen and oxygen atoms in total. The molecule has 1 atom stereocenters. The fraction of sp³-hybridized carbons (Fsp3) is 0.565. The van der Waals surface area contributed by atoms with Crippen molar-refractivity contribution in [2.75, 3.05) is 32.0 Å². The summed E-state index contributed by atoms with van der Waals surface area (Å²) in [6, 6.07) is 1.51. The highest BCUT2D eigenvalue weighted by atomic mass is 32.2. The van der Waals surface area contributed by atoms with Crippen LogP contribution in [0.3, 0.4) is 0 Å². The van der Waals surface area contributed by atoms with Crippen molar-refractivity contribution in [1.82, 2.24) is 14.5 Å². The van der Waals surface area contributed by atoms with E-state index in [1.807, 2.05) is 11.8 Å². The predicted molar refractivity (Wildman–Crippen MR) is 126 cm³/mol. The molecule has 3 amide bonds. The van der Waals surface area contributed by atoms with Crippen molar-refractivity contribution in [1.29, 1.82) is 0 Å². The number of carbonyl (C=O) groups is 2. The average Bonchev–Trinajstić information content (AvgIpc) is 3.40. The fourth-order valence-electron chi connectivity index (χ4n) is 5.05. The van der Waals surface area contributed by atoms with Gasteiger partial charge in [-0.25, -0.2) is 22.7 Å². The molecule has 1 saturated heterocycles. The minimum absolute atomic E-state index is 0.331. The van der Waals surface area contributed by atoms with Crippen LogP contribution in [-0.4, -0.2) is 67.7 Å². The molecule has 3 aliphatic rings. The maximum Gasteiger partial charge on any atom is 0.407 e. The summed E-state index contributed by atoms with van der Waals surface area (Å²) in [5, 5.41) is 12.9. The highest BCUT2D eigenvalue weighted by Crippen LogP contribution is 2.38. The molecular weight excluding hydrogens is 444 g/mol. The SMILES string of the molecule is CN(CCN1CCC1(C)/C=C/S(=O)(=O)NC(=O)Nc1c2c(cc3c1CCC3)CCC2)C(=O)O. The molecule has 0 radical (unpaired) electrons. The molecule has 2 aliphatic carbocycles. The summed E-state index contributed by atoms with van der Waals surface area (Å²) in [5.74, 6) is 0.